The molecule has 0 aliphatic rings. The number of benzene rings is 1. The predicted octanol–water partition coefficient (Wildman–Crippen LogP) is 11.3. The number of aldehydes is 1. The van der Waals surface area contributed by atoms with Crippen molar-refractivity contribution >= 4 is 6.29 Å². The third-order valence-electron chi connectivity index (χ3n) is 7.48. The molecule has 0 atom stereocenters. The van der Waals surface area contributed by atoms with Crippen molar-refractivity contribution in [2.24, 2.45) is 0 Å². The summed E-state index contributed by atoms with van der Waals surface area (Å²) in [4.78, 5) is 10.5. The fourth-order valence-electron chi connectivity index (χ4n) is 4.72. The van der Waals surface area contributed by atoms with Crippen LogP contribution in [0.25, 0.3) is 0 Å². The lowest BCUT2D eigenvalue weighted by Gasteiger charge is -2.26. The zero-order valence-corrected chi connectivity index (χ0v) is 27.1. The molecule has 0 aliphatic carbocycles. The Kier molecular flexibility index (Phi) is 22.0. The van der Waals surface area contributed by atoms with Gasteiger partial charge in [-0.15, -0.1) is 0 Å². The van der Waals surface area contributed by atoms with Crippen molar-refractivity contribution in [3.63, 3.8) is 0 Å². The van der Waals surface area contributed by atoms with E-state index in [4.69, 9.17) is 4.74 Å². The van der Waals surface area contributed by atoms with Crippen molar-refractivity contribution in [1.29, 1.82) is 0 Å². The van der Waals surface area contributed by atoms with Crippen molar-refractivity contribution in [2.45, 2.75) is 175 Å². The van der Waals surface area contributed by atoms with E-state index in [0.29, 0.717) is 6.42 Å². The second-order valence-electron chi connectivity index (χ2n) is 13.4. The van der Waals surface area contributed by atoms with Crippen LogP contribution in [0.1, 0.15) is 174 Å². The van der Waals surface area contributed by atoms with Crippen LogP contribution in [0.3, 0.4) is 0 Å². The highest BCUT2D eigenvalue weighted by atomic mass is 16.5. The van der Waals surface area contributed by atoms with Gasteiger partial charge in [0.15, 0.2) is 0 Å². The molecule has 0 N–H and O–H groups in total. The number of carbonyl (C=O) groups excluding carboxylic acids is 1. The predicted molar refractivity (Wildman–Crippen MR) is 170 cm³/mol. The van der Waals surface area contributed by atoms with Gasteiger partial charge in [0.2, 0.25) is 0 Å². The van der Waals surface area contributed by atoms with Gasteiger partial charge >= 0.3 is 0 Å². The summed E-state index contributed by atoms with van der Waals surface area (Å²) < 4.78 is 5.06. The van der Waals surface area contributed by atoms with Crippen molar-refractivity contribution in [3.05, 3.63) is 34.9 Å². The smallest absolute Gasteiger partial charge is 0.120 e. The van der Waals surface area contributed by atoms with Gasteiger partial charge in [0.25, 0.3) is 0 Å². The SMILES string of the molecule is CC(C)(C)c1cc(CCC=O)cc(C(C)(C)C)c1.CCCCCCCCCCCCCCCCCCOC. The monoisotopic (exact) mass is 531 g/mol. The van der Waals surface area contributed by atoms with Crippen molar-refractivity contribution < 1.29 is 9.53 Å². The summed E-state index contributed by atoms with van der Waals surface area (Å²) in [7, 11) is 1.80. The Bertz CT molecular complexity index is 627. The first kappa shape index (κ1) is 36.8. The van der Waals surface area contributed by atoms with E-state index >= 15 is 0 Å². The van der Waals surface area contributed by atoms with E-state index < -0.39 is 0 Å². The molecular weight excluding hydrogens is 464 g/mol. The van der Waals surface area contributed by atoms with E-state index in [9.17, 15) is 4.79 Å². The van der Waals surface area contributed by atoms with Crippen LogP contribution < -0.4 is 0 Å². The zero-order valence-electron chi connectivity index (χ0n) is 27.1. The average molecular weight is 531 g/mol. The molecule has 2 nitrogen and oxygen atoms in total. The van der Waals surface area contributed by atoms with Crippen LogP contribution in [0.4, 0.5) is 0 Å². The topological polar surface area (TPSA) is 26.3 Å². The standard InChI is InChI=1S/C19H40O.C17H26O/c1-3-4-5-6-7-8-9-10-11-12-13-14-15-16-17-18-19-20-2;1-16(2,3)14-10-13(8-7-9-18)11-15(12-14)17(4,5)6/h3-19H2,1-2H3;9-12H,7-8H2,1-6H3. The maximum Gasteiger partial charge on any atom is 0.120 e. The molecule has 1 aromatic carbocycles. The zero-order chi connectivity index (χ0) is 28.7. The summed E-state index contributed by atoms with van der Waals surface area (Å²) in [6.07, 6.45) is 25.4. The fourth-order valence-corrected chi connectivity index (χ4v) is 4.72. The van der Waals surface area contributed by atoms with Gasteiger partial charge < -0.3 is 9.53 Å². The van der Waals surface area contributed by atoms with Gasteiger partial charge in [-0.2, -0.15) is 0 Å². The molecule has 0 radical (unpaired) electrons. The molecular formula is C36H66O2. The number of rotatable bonds is 20. The molecule has 222 valence electrons. The van der Waals surface area contributed by atoms with Crippen LogP contribution in [0.2, 0.25) is 0 Å². The van der Waals surface area contributed by atoms with Crippen molar-refractivity contribution in [1.82, 2.24) is 0 Å². The summed E-state index contributed by atoms with van der Waals surface area (Å²) in [6.45, 7) is 16.6. The fraction of sp³-hybridized carbons (Fsp3) is 0.806. The highest BCUT2D eigenvalue weighted by molar-refractivity contribution is 5.50. The Labute approximate surface area is 239 Å². The Balaban J connectivity index is 0.000000724. The first-order valence-corrected chi connectivity index (χ1v) is 16.1. The lowest BCUT2D eigenvalue weighted by molar-refractivity contribution is -0.107. The number of hydrogen-bond donors (Lipinski definition) is 0. The van der Waals surface area contributed by atoms with E-state index in [-0.39, 0.29) is 10.8 Å². The molecule has 0 spiro atoms. The molecule has 1 aromatic rings. The van der Waals surface area contributed by atoms with Crippen LogP contribution >= 0.6 is 0 Å². The quantitative estimate of drug-likeness (QED) is 0.124. The van der Waals surface area contributed by atoms with E-state index in [1.54, 1.807) is 7.11 Å². The van der Waals surface area contributed by atoms with E-state index in [2.05, 4.69) is 66.7 Å². The van der Waals surface area contributed by atoms with E-state index in [0.717, 1.165) is 19.3 Å². The molecule has 38 heavy (non-hydrogen) atoms. The van der Waals surface area contributed by atoms with Gasteiger partial charge in [-0.25, -0.2) is 0 Å². The number of hydrogen-bond acceptors (Lipinski definition) is 2. The minimum absolute atomic E-state index is 0.150. The Morgan fingerprint density at radius 1 is 0.605 bits per heavy atom. The van der Waals surface area contributed by atoms with E-state index in [1.807, 2.05) is 0 Å². The molecule has 0 bridgehead atoms. The first-order chi connectivity index (χ1) is 18.1. The molecule has 0 unspecified atom stereocenters. The maximum absolute atomic E-state index is 10.5. The Morgan fingerprint density at radius 2 is 0.974 bits per heavy atom. The van der Waals surface area contributed by atoms with E-state index in [1.165, 1.54) is 119 Å². The molecule has 0 saturated heterocycles. The van der Waals surface area contributed by atoms with Gasteiger partial charge in [-0.05, 0) is 40.4 Å². The van der Waals surface area contributed by atoms with Crippen LogP contribution in [0, 0.1) is 0 Å². The third-order valence-corrected chi connectivity index (χ3v) is 7.48. The van der Waals surface area contributed by atoms with Gasteiger partial charge in [0.1, 0.15) is 6.29 Å². The minimum atomic E-state index is 0.150. The summed E-state index contributed by atoms with van der Waals surface area (Å²) in [5.74, 6) is 0. The van der Waals surface area contributed by atoms with Gasteiger partial charge in [0.05, 0.1) is 0 Å². The minimum Gasteiger partial charge on any atom is -0.385 e. The molecule has 0 aromatic heterocycles. The number of methoxy groups -OCH3 is 1. The molecule has 0 aliphatic heterocycles. The van der Waals surface area contributed by atoms with Crippen molar-refractivity contribution in [2.75, 3.05) is 13.7 Å². The van der Waals surface area contributed by atoms with Crippen LogP contribution in [0.15, 0.2) is 18.2 Å². The molecule has 0 saturated carbocycles. The Hall–Kier alpha value is -1.15. The number of aryl methyl sites for hydroxylation is 1. The van der Waals surface area contributed by atoms with Gasteiger partial charge in [-0.1, -0.05) is 163 Å². The van der Waals surface area contributed by atoms with Crippen LogP contribution in [-0.2, 0) is 26.8 Å². The van der Waals surface area contributed by atoms with Crippen LogP contribution in [0.5, 0.6) is 0 Å². The van der Waals surface area contributed by atoms with Crippen LogP contribution in [-0.4, -0.2) is 20.0 Å². The molecule has 1 rings (SSSR count). The summed E-state index contributed by atoms with van der Waals surface area (Å²) >= 11 is 0. The molecule has 0 heterocycles. The largest absolute Gasteiger partial charge is 0.385 e. The number of ether oxygens (including phenoxy) is 1. The van der Waals surface area contributed by atoms with Gasteiger partial charge in [-0.3, -0.25) is 0 Å². The second kappa shape index (κ2) is 22.6. The molecule has 0 amide bonds. The summed E-state index contributed by atoms with van der Waals surface area (Å²) in [6, 6.07) is 6.81. The molecule has 0 fully saturated rings. The Morgan fingerprint density at radius 3 is 1.29 bits per heavy atom. The normalized spacial score (nSPS) is 11.8. The number of carbonyl (C=O) groups is 1. The lowest BCUT2D eigenvalue weighted by Crippen LogP contribution is -2.17. The summed E-state index contributed by atoms with van der Waals surface area (Å²) in [5, 5.41) is 0. The summed E-state index contributed by atoms with van der Waals surface area (Å²) in [5.41, 5.74) is 4.29. The highest BCUT2D eigenvalue weighted by Crippen LogP contribution is 2.30. The highest BCUT2D eigenvalue weighted by Gasteiger charge is 2.20. The lowest BCUT2D eigenvalue weighted by atomic mass is 9.79. The number of unbranched alkanes of at least 4 members (excludes halogenated alkanes) is 15. The first-order valence-electron chi connectivity index (χ1n) is 16.1. The maximum atomic E-state index is 10.5. The van der Waals surface area contributed by atoms with Gasteiger partial charge in [0, 0.05) is 20.1 Å². The second-order valence-corrected chi connectivity index (χ2v) is 13.4. The molecule has 2 heteroatoms. The average Bonchev–Trinajstić information content (AvgIpc) is 2.86. The van der Waals surface area contributed by atoms with Crippen molar-refractivity contribution in [3.8, 4) is 0 Å². The third kappa shape index (κ3) is 20.8.